The number of phenols is 1. The van der Waals surface area contributed by atoms with Crippen molar-refractivity contribution in [1.82, 2.24) is 0 Å². The number of ether oxygens (including phenoxy) is 1. The van der Waals surface area contributed by atoms with Crippen molar-refractivity contribution in [2.75, 3.05) is 6.61 Å². The van der Waals surface area contributed by atoms with E-state index in [1.807, 2.05) is 0 Å². The lowest BCUT2D eigenvalue weighted by Crippen LogP contribution is -2.28. The van der Waals surface area contributed by atoms with Gasteiger partial charge in [-0.05, 0) is 13.8 Å². The third kappa shape index (κ3) is 3.69. The predicted molar refractivity (Wildman–Crippen MR) is 71.4 cm³/mol. The van der Waals surface area contributed by atoms with E-state index in [1.165, 1.54) is 6.92 Å². The molecule has 0 atom stereocenters. The molecule has 134 valence electrons. The molecule has 12 heteroatoms. The molecule has 24 heavy (non-hydrogen) atoms. The zero-order valence-electron chi connectivity index (χ0n) is 12.2. The highest BCUT2D eigenvalue weighted by molar-refractivity contribution is 7.88. The van der Waals surface area contributed by atoms with Crippen molar-refractivity contribution in [2.45, 2.75) is 19.4 Å². The van der Waals surface area contributed by atoms with Gasteiger partial charge in [-0.3, -0.25) is 0 Å². The Labute approximate surface area is 133 Å². The summed E-state index contributed by atoms with van der Waals surface area (Å²) in [5.74, 6) is -5.25. The number of carbonyl (C=O) groups excluding carboxylic acids is 1. The Morgan fingerprint density at radius 3 is 2.21 bits per heavy atom. The number of rotatable bonds is 5. The lowest BCUT2D eigenvalue weighted by molar-refractivity contribution is -0.0500. The van der Waals surface area contributed by atoms with Crippen LogP contribution in [0.2, 0.25) is 0 Å². The summed E-state index contributed by atoms with van der Waals surface area (Å²) in [6, 6.07) is 0.386. The molecule has 0 amide bonds. The molecule has 0 unspecified atom stereocenters. The number of aromatic carboxylic acids is 1. The number of alkyl halides is 3. The maximum atomic E-state index is 12.4. The van der Waals surface area contributed by atoms with Crippen LogP contribution in [0, 0.1) is 6.92 Å². The fourth-order valence-electron chi connectivity index (χ4n) is 1.67. The fraction of sp³-hybridized carbons (Fsp3) is 0.333. The molecule has 0 aromatic heterocycles. The van der Waals surface area contributed by atoms with Gasteiger partial charge in [-0.2, -0.15) is 21.6 Å². The number of carboxylic acid groups (broad SMARTS) is 1. The standard InChI is InChI=1S/C12H11F3O8S/c1-3-22-11(19)9-6(16)4-7(5(2)8(9)10(17)18)23-24(20,21)12(13,14)15/h4,16H,3H2,1-2H3,(H,17,18). The van der Waals surface area contributed by atoms with E-state index in [1.54, 1.807) is 0 Å². The molecule has 1 aromatic rings. The van der Waals surface area contributed by atoms with Crippen molar-refractivity contribution in [1.29, 1.82) is 0 Å². The van der Waals surface area contributed by atoms with Crippen molar-refractivity contribution >= 4 is 22.1 Å². The molecule has 0 aliphatic heterocycles. The van der Waals surface area contributed by atoms with Gasteiger partial charge in [-0.15, -0.1) is 0 Å². The topological polar surface area (TPSA) is 127 Å². The molecular formula is C12H11F3O8S. The number of halogens is 3. The lowest BCUT2D eigenvalue weighted by atomic mass is 10.00. The van der Waals surface area contributed by atoms with Crippen LogP contribution in [0.15, 0.2) is 6.07 Å². The summed E-state index contributed by atoms with van der Waals surface area (Å²) >= 11 is 0. The molecule has 0 saturated carbocycles. The minimum absolute atomic E-state index is 0.170. The molecule has 1 aromatic carbocycles. The van der Waals surface area contributed by atoms with Crippen molar-refractivity contribution < 1.29 is 50.3 Å². The molecule has 0 spiro atoms. The Morgan fingerprint density at radius 1 is 1.25 bits per heavy atom. The van der Waals surface area contributed by atoms with Gasteiger partial charge in [0.25, 0.3) is 0 Å². The summed E-state index contributed by atoms with van der Waals surface area (Å²) in [5, 5.41) is 18.8. The van der Waals surface area contributed by atoms with Crippen LogP contribution in [-0.4, -0.2) is 42.7 Å². The number of benzene rings is 1. The summed E-state index contributed by atoms with van der Waals surface area (Å²) < 4.78 is 67.5. The number of aromatic hydroxyl groups is 1. The minimum Gasteiger partial charge on any atom is -0.507 e. The van der Waals surface area contributed by atoms with Crippen LogP contribution in [0.25, 0.3) is 0 Å². The van der Waals surface area contributed by atoms with Gasteiger partial charge in [0.05, 0.1) is 12.2 Å². The van der Waals surface area contributed by atoms with Gasteiger partial charge in [0.15, 0.2) is 0 Å². The molecule has 0 aliphatic rings. The molecule has 0 heterocycles. The average Bonchev–Trinajstić information content (AvgIpc) is 2.40. The lowest BCUT2D eigenvalue weighted by Gasteiger charge is -2.16. The van der Waals surface area contributed by atoms with Gasteiger partial charge < -0.3 is 19.1 Å². The molecule has 0 bridgehead atoms. The highest BCUT2D eigenvalue weighted by Gasteiger charge is 2.49. The number of phenolic OH excluding ortho intramolecular Hbond substituents is 1. The summed E-state index contributed by atoms with van der Waals surface area (Å²) in [7, 11) is -6.10. The van der Waals surface area contributed by atoms with E-state index in [0.29, 0.717) is 6.07 Å². The quantitative estimate of drug-likeness (QED) is 0.455. The number of esters is 1. The molecule has 0 aliphatic carbocycles. The normalized spacial score (nSPS) is 11.9. The van der Waals surface area contributed by atoms with E-state index >= 15 is 0 Å². The van der Waals surface area contributed by atoms with E-state index in [4.69, 9.17) is 5.11 Å². The van der Waals surface area contributed by atoms with Gasteiger partial charge in [-0.1, -0.05) is 0 Å². The monoisotopic (exact) mass is 372 g/mol. The van der Waals surface area contributed by atoms with Crippen LogP contribution in [0.3, 0.4) is 0 Å². The van der Waals surface area contributed by atoms with Crippen LogP contribution in [0.5, 0.6) is 11.5 Å². The SMILES string of the molecule is CCOC(=O)c1c(O)cc(OS(=O)(=O)C(F)(F)F)c(C)c1C(=O)O. The second kappa shape index (κ2) is 6.55. The Morgan fingerprint density at radius 2 is 1.79 bits per heavy atom. The number of hydrogen-bond donors (Lipinski definition) is 2. The van der Waals surface area contributed by atoms with Crippen LogP contribution < -0.4 is 4.18 Å². The zero-order valence-corrected chi connectivity index (χ0v) is 13.0. The number of hydrogen-bond acceptors (Lipinski definition) is 7. The first-order valence-electron chi connectivity index (χ1n) is 6.11. The molecule has 8 nitrogen and oxygen atoms in total. The third-order valence-electron chi connectivity index (χ3n) is 2.69. The van der Waals surface area contributed by atoms with E-state index in [-0.39, 0.29) is 6.61 Å². The summed E-state index contributed by atoms with van der Waals surface area (Å²) in [6.45, 7) is 2.14. The molecule has 0 radical (unpaired) electrons. The van der Waals surface area contributed by atoms with Crippen LogP contribution >= 0.6 is 0 Å². The summed E-state index contributed by atoms with van der Waals surface area (Å²) in [5.41, 5.74) is -8.16. The van der Waals surface area contributed by atoms with Gasteiger partial charge >= 0.3 is 27.6 Å². The van der Waals surface area contributed by atoms with E-state index in [2.05, 4.69) is 8.92 Å². The van der Waals surface area contributed by atoms with E-state index in [9.17, 15) is 36.3 Å². The summed E-state index contributed by atoms with van der Waals surface area (Å²) in [4.78, 5) is 23.0. The second-order valence-electron chi connectivity index (χ2n) is 4.28. The Balaban J connectivity index is 3.59. The van der Waals surface area contributed by atoms with Gasteiger partial charge in [0.2, 0.25) is 0 Å². The van der Waals surface area contributed by atoms with Crippen molar-refractivity contribution in [2.24, 2.45) is 0 Å². The zero-order chi connectivity index (χ0) is 18.9. The molecular weight excluding hydrogens is 361 g/mol. The third-order valence-corrected chi connectivity index (χ3v) is 3.66. The Kier molecular flexibility index (Phi) is 5.33. The first kappa shape index (κ1) is 19.5. The highest BCUT2D eigenvalue weighted by atomic mass is 32.2. The van der Waals surface area contributed by atoms with Gasteiger partial charge in [0, 0.05) is 11.6 Å². The van der Waals surface area contributed by atoms with Gasteiger partial charge in [-0.25, -0.2) is 9.59 Å². The Hall–Kier alpha value is -2.50. The molecule has 0 saturated heterocycles. The first-order valence-corrected chi connectivity index (χ1v) is 7.52. The molecule has 0 fully saturated rings. The van der Waals surface area contributed by atoms with Crippen molar-refractivity contribution in [3.8, 4) is 11.5 Å². The van der Waals surface area contributed by atoms with Crippen molar-refractivity contribution in [3.05, 3.63) is 22.8 Å². The molecule has 2 N–H and O–H groups in total. The van der Waals surface area contributed by atoms with Crippen LogP contribution in [0.4, 0.5) is 13.2 Å². The predicted octanol–water partition coefficient (Wildman–Crippen LogP) is 1.80. The first-order chi connectivity index (χ1) is 10.8. The smallest absolute Gasteiger partial charge is 0.507 e. The maximum Gasteiger partial charge on any atom is 0.534 e. The summed E-state index contributed by atoms with van der Waals surface area (Å²) in [6.07, 6.45) is 0. The highest BCUT2D eigenvalue weighted by Crippen LogP contribution is 2.36. The van der Waals surface area contributed by atoms with Crippen LogP contribution in [0.1, 0.15) is 33.2 Å². The number of carboxylic acids is 1. The second-order valence-corrected chi connectivity index (χ2v) is 5.82. The maximum absolute atomic E-state index is 12.4. The fourth-order valence-corrected chi connectivity index (χ4v) is 2.18. The van der Waals surface area contributed by atoms with E-state index < -0.39 is 55.8 Å². The van der Waals surface area contributed by atoms with Crippen molar-refractivity contribution in [3.63, 3.8) is 0 Å². The van der Waals surface area contributed by atoms with Crippen LogP contribution in [-0.2, 0) is 14.9 Å². The average molecular weight is 372 g/mol. The Bertz CT molecular complexity index is 782. The van der Waals surface area contributed by atoms with E-state index in [0.717, 1.165) is 6.92 Å². The number of carbonyl (C=O) groups is 2. The van der Waals surface area contributed by atoms with Gasteiger partial charge in [0.1, 0.15) is 17.1 Å². The molecule has 1 rings (SSSR count). The largest absolute Gasteiger partial charge is 0.534 e. The minimum atomic E-state index is -6.10.